The summed E-state index contributed by atoms with van der Waals surface area (Å²) in [6.45, 7) is 0. The van der Waals surface area contributed by atoms with E-state index in [2.05, 4.69) is 26.1 Å². The second-order valence-corrected chi connectivity index (χ2v) is 5.59. The van der Waals surface area contributed by atoms with E-state index in [0.717, 1.165) is 22.7 Å². The second kappa shape index (κ2) is 6.16. The van der Waals surface area contributed by atoms with E-state index in [-0.39, 0.29) is 17.3 Å². The summed E-state index contributed by atoms with van der Waals surface area (Å²) < 4.78 is 6.36. The lowest BCUT2D eigenvalue weighted by atomic mass is 10.1. The van der Waals surface area contributed by atoms with E-state index in [1.807, 2.05) is 0 Å². The number of non-ortho nitro benzene ring substituents is 2. The third-order valence-electron chi connectivity index (χ3n) is 3.09. The maximum absolute atomic E-state index is 10.9. The van der Waals surface area contributed by atoms with Crippen LogP contribution in [0.4, 0.5) is 11.4 Å². The molecule has 0 saturated carbocycles. The minimum atomic E-state index is -0.720. The molecule has 0 atom stereocenters. The number of nitro groups is 2. The van der Waals surface area contributed by atoms with Gasteiger partial charge in [0.05, 0.1) is 21.5 Å². The van der Waals surface area contributed by atoms with Crippen LogP contribution < -0.4 is 0 Å². The van der Waals surface area contributed by atoms with Crippen LogP contribution in [-0.2, 0) is 0 Å². The van der Waals surface area contributed by atoms with E-state index in [0.29, 0.717) is 5.56 Å². The predicted molar refractivity (Wildman–Crippen MR) is 86.2 cm³/mol. The van der Waals surface area contributed by atoms with Crippen LogP contribution in [-0.4, -0.2) is 20.0 Å². The molecular weight excluding hydrogens is 384 g/mol. The first-order valence-corrected chi connectivity index (χ1v) is 7.27. The van der Waals surface area contributed by atoms with E-state index in [1.165, 1.54) is 0 Å². The van der Waals surface area contributed by atoms with Gasteiger partial charge in [-0.1, -0.05) is 15.9 Å². The molecule has 0 aliphatic carbocycles. The zero-order chi connectivity index (χ0) is 17.3. The number of hydrogen-bond donors (Lipinski definition) is 0. The summed E-state index contributed by atoms with van der Waals surface area (Å²) in [5.41, 5.74) is -0.103. The number of benzene rings is 2. The van der Waals surface area contributed by atoms with Crippen molar-refractivity contribution in [1.82, 2.24) is 10.2 Å². The van der Waals surface area contributed by atoms with Crippen LogP contribution in [0.1, 0.15) is 0 Å². The van der Waals surface area contributed by atoms with E-state index < -0.39 is 21.2 Å². The lowest BCUT2D eigenvalue weighted by Crippen LogP contribution is -1.94. The Hall–Kier alpha value is -3.14. The van der Waals surface area contributed by atoms with Gasteiger partial charge >= 0.3 is 0 Å². The molecule has 0 saturated heterocycles. The maximum atomic E-state index is 10.9. The predicted octanol–water partition coefficient (Wildman–Crippen LogP) is 3.98. The van der Waals surface area contributed by atoms with Gasteiger partial charge in [-0.3, -0.25) is 20.2 Å². The standard InChI is InChI=1S/C14H7BrN4O5/c15-10-3-1-8(2-4-10)13-16-17-14(24-13)9-5-11(18(20)21)7-12(6-9)19(22)23/h1-7H. The molecule has 24 heavy (non-hydrogen) atoms. The molecule has 3 rings (SSSR count). The summed E-state index contributed by atoms with van der Waals surface area (Å²) in [5.74, 6) is 0.159. The number of nitro benzene ring substituents is 2. The van der Waals surface area contributed by atoms with Crippen molar-refractivity contribution >= 4 is 27.3 Å². The fourth-order valence-electron chi connectivity index (χ4n) is 1.98. The Morgan fingerprint density at radius 2 is 1.33 bits per heavy atom. The van der Waals surface area contributed by atoms with Gasteiger partial charge in [-0.15, -0.1) is 10.2 Å². The summed E-state index contributed by atoms with van der Waals surface area (Å²) in [6, 6.07) is 10.2. The molecule has 1 heterocycles. The molecule has 120 valence electrons. The molecule has 0 unspecified atom stereocenters. The normalized spacial score (nSPS) is 10.5. The minimum Gasteiger partial charge on any atom is -0.416 e. The third kappa shape index (κ3) is 3.13. The van der Waals surface area contributed by atoms with Crippen molar-refractivity contribution in [2.75, 3.05) is 0 Å². The lowest BCUT2D eigenvalue weighted by Gasteiger charge is -1.98. The number of hydrogen-bond acceptors (Lipinski definition) is 7. The van der Waals surface area contributed by atoms with Gasteiger partial charge in [-0.2, -0.15) is 0 Å². The van der Waals surface area contributed by atoms with Crippen molar-refractivity contribution in [2.45, 2.75) is 0 Å². The molecule has 0 aliphatic rings. The van der Waals surface area contributed by atoms with Crippen LogP contribution in [0.3, 0.4) is 0 Å². The largest absolute Gasteiger partial charge is 0.416 e. The smallest absolute Gasteiger partial charge is 0.277 e. The zero-order valence-corrected chi connectivity index (χ0v) is 13.3. The fraction of sp³-hybridized carbons (Fsp3) is 0. The van der Waals surface area contributed by atoms with Crippen LogP contribution in [0.15, 0.2) is 51.4 Å². The Morgan fingerprint density at radius 1 is 0.833 bits per heavy atom. The number of aromatic nitrogens is 2. The first-order chi connectivity index (χ1) is 11.4. The van der Waals surface area contributed by atoms with Gasteiger partial charge in [-0.25, -0.2) is 0 Å². The summed E-state index contributed by atoms with van der Waals surface area (Å²) in [7, 11) is 0. The summed E-state index contributed by atoms with van der Waals surface area (Å²) in [6.07, 6.45) is 0. The molecular formula is C14H7BrN4O5. The van der Waals surface area contributed by atoms with Crippen molar-refractivity contribution in [3.8, 4) is 22.9 Å². The highest BCUT2D eigenvalue weighted by Crippen LogP contribution is 2.30. The van der Waals surface area contributed by atoms with Gasteiger partial charge in [0, 0.05) is 22.2 Å². The Balaban J connectivity index is 2.04. The Bertz CT molecular complexity index is 906. The molecule has 3 aromatic rings. The highest BCUT2D eigenvalue weighted by Gasteiger charge is 2.20. The summed E-state index contributed by atoms with van der Waals surface area (Å²) in [5, 5.41) is 29.5. The molecule has 9 nitrogen and oxygen atoms in total. The van der Waals surface area contributed by atoms with Crippen LogP contribution in [0.2, 0.25) is 0 Å². The molecule has 2 aromatic carbocycles. The SMILES string of the molecule is O=[N+]([O-])c1cc(-c2nnc(-c3ccc(Br)cc3)o2)cc([N+](=O)[O-])c1. The fourth-order valence-corrected chi connectivity index (χ4v) is 2.24. The van der Waals surface area contributed by atoms with E-state index >= 15 is 0 Å². The first kappa shape index (κ1) is 15.7. The number of nitrogens with zero attached hydrogens (tertiary/aromatic N) is 4. The van der Waals surface area contributed by atoms with E-state index in [1.54, 1.807) is 24.3 Å². The van der Waals surface area contributed by atoms with Gasteiger partial charge in [-0.05, 0) is 24.3 Å². The quantitative estimate of drug-likeness (QED) is 0.486. The van der Waals surface area contributed by atoms with Crippen molar-refractivity contribution in [3.63, 3.8) is 0 Å². The van der Waals surface area contributed by atoms with Gasteiger partial charge in [0.25, 0.3) is 11.4 Å². The molecule has 0 fully saturated rings. The monoisotopic (exact) mass is 390 g/mol. The minimum absolute atomic E-state index is 0.0419. The molecule has 1 aromatic heterocycles. The highest BCUT2D eigenvalue weighted by atomic mass is 79.9. The molecule has 0 amide bonds. The Morgan fingerprint density at radius 3 is 1.83 bits per heavy atom. The first-order valence-electron chi connectivity index (χ1n) is 6.48. The van der Waals surface area contributed by atoms with Gasteiger partial charge in [0.2, 0.25) is 11.8 Å². The topological polar surface area (TPSA) is 125 Å². The van der Waals surface area contributed by atoms with Crippen LogP contribution in [0.5, 0.6) is 0 Å². The molecule has 0 aliphatic heterocycles. The second-order valence-electron chi connectivity index (χ2n) is 4.67. The molecule has 0 N–H and O–H groups in total. The average molecular weight is 391 g/mol. The third-order valence-corrected chi connectivity index (χ3v) is 3.62. The van der Waals surface area contributed by atoms with Gasteiger partial charge < -0.3 is 4.42 Å². The van der Waals surface area contributed by atoms with E-state index in [9.17, 15) is 20.2 Å². The van der Waals surface area contributed by atoms with E-state index in [4.69, 9.17) is 4.42 Å². The molecule has 0 radical (unpaired) electrons. The zero-order valence-electron chi connectivity index (χ0n) is 11.7. The van der Waals surface area contributed by atoms with Crippen molar-refractivity contribution < 1.29 is 14.3 Å². The summed E-state index contributed by atoms with van der Waals surface area (Å²) in [4.78, 5) is 20.4. The average Bonchev–Trinajstić information content (AvgIpc) is 3.05. The van der Waals surface area contributed by atoms with Crippen molar-refractivity contribution in [1.29, 1.82) is 0 Å². The number of halogens is 1. The molecule has 0 spiro atoms. The molecule has 0 bridgehead atoms. The summed E-state index contributed by atoms with van der Waals surface area (Å²) >= 11 is 3.31. The number of rotatable bonds is 4. The van der Waals surface area contributed by atoms with Crippen molar-refractivity contribution in [2.24, 2.45) is 0 Å². The van der Waals surface area contributed by atoms with Gasteiger partial charge in [0.15, 0.2) is 0 Å². The van der Waals surface area contributed by atoms with Crippen LogP contribution in [0.25, 0.3) is 22.9 Å². The Kier molecular flexibility index (Phi) is 4.04. The van der Waals surface area contributed by atoms with Crippen molar-refractivity contribution in [3.05, 3.63) is 67.2 Å². The lowest BCUT2D eigenvalue weighted by molar-refractivity contribution is -0.394. The maximum Gasteiger partial charge on any atom is 0.277 e. The van der Waals surface area contributed by atoms with Crippen LogP contribution in [0, 0.1) is 20.2 Å². The molecule has 10 heteroatoms. The van der Waals surface area contributed by atoms with Gasteiger partial charge in [0.1, 0.15) is 0 Å². The Labute approximate surface area is 142 Å². The van der Waals surface area contributed by atoms with Crippen LogP contribution >= 0.6 is 15.9 Å². The highest BCUT2D eigenvalue weighted by molar-refractivity contribution is 9.10.